The number of halogens is 10. The summed E-state index contributed by atoms with van der Waals surface area (Å²) in [5.74, 6) is -16.2. The van der Waals surface area contributed by atoms with Gasteiger partial charge in [0.15, 0.2) is 0 Å². The second-order valence-corrected chi connectivity index (χ2v) is 8.14. The first kappa shape index (κ1) is 30.8. The normalized spacial score (nSPS) is 18.1. The number of alkyl halides is 10. The second kappa shape index (κ2) is 10.1. The summed E-state index contributed by atoms with van der Waals surface area (Å²) in [6.45, 7) is -2.35. The van der Waals surface area contributed by atoms with Crippen molar-refractivity contribution >= 4 is 22.0 Å². The summed E-state index contributed by atoms with van der Waals surface area (Å²) >= 11 is 0. The van der Waals surface area contributed by atoms with E-state index in [1.807, 2.05) is 0 Å². The number of hydrogen-bond donors (Lipinski definition) is 1. The monoisotopic (exact) mass is 559 g/mol. The molecule has 35 heavy (non-hydrogen) atoms. The van der Waals surface area contributed by atoms with Gasteiger partial charge in [-0.05, 0) is 0 Å². The highest BCUT2D eigenvalue weighted by molar-refractivity contribution is 7.87. The van der Waals surface area contributed by atoms with Crippen molar-refractivity contribution < 1.29 is 80.7 Å². The number of amides is 1. The molecule has 0 saturated carbocycles. The molecule has 0 aromatic rings. The van der Waals surface area contributed by atoms with Gasteiger partial charge in [0.05, 0.1) is 19.8 Å². The Balaban J connectivity index is 3.42. The van der Waals surface area contributed by atoms with E-state index in [1.165, 1.54) is 0 Å². The number of nitrogens with zero attached hydrogens (tertiary/aromatic N) is 1. The zero-order chi connectivity index (χ0) is 27.7. The lowest BCUT2D eigenvalue weighted by Crippen LogP contribution is -2.64. The van der Waals surface area contributed by atoms with Gasteiger partial charge in [0.2, 0.25) is 0 Å². The summed E-state index contributed by atoms with van der Waals surface area (Å²) in [5, 5.41) is -6.25. The maximum absolute atomic E-state index is 13.9. The number of morpholine rings is 1. The summed E-state index contributed by atoms with van der Waals surface area (Å²) in [7, 11) is -6.81. The molecule has 0 radical (unpaired) electrons. The van der Waals surface area contributed by atoms with Crippen molar-refractivity contribution in [2.45, 2.75) is 35.7 Å². The van der Waals surface area contributed by atoms with Gasteiger partial charge in [0, 0.05) is 19.5 Å². The van der Waals surface area contributed by atoms with Gasteiger partial charge in [-0.25, -0.2) is 4.79 Å². The fourth-order valence-corrected chi connectivity index (χ4v) is 2.81. The highest BCUT2D eigenvalue weighted by atomic mass is 32.2. The Labute approximate surface area is 189 Å². The van der Waals surface area contributed by atoms with E-state index in [-0.39, 0.29) is 4.90 Å². The summed E-state index contributed by atoms with van der Waals surface area (Å²) in [5.41, 5.74) is -2.58. The van der Waals surface area contributed by atoms with E-state index in [0.29, 0.717) is 0 Å². The molecule has 1 atom stereocenters. The van der Waals surface area contributed by atoms with Gasteiger partial charge in [-0.1, -0.05) is 6.58 Å². The van der Waals surface area contributed by atoms with Crippen molar-refractivity contribution in [1.82, 2.24) is 4.90 Å². The van der Waals surface area contributed by atoms with Crippen LogP contribution in [0.1, 0.15) is 6.42 Å². The van der Waals surface area contributed by atoms with Gasteiger partial charge in [0.1, 0.15) is 5.57 Å². The summed E-state index contributed by atoms with van der Waals surface area (Å²) in [6, 6.07) is 0. The molecule has 20 heteroatoms. The minimum Gasteiger partial charge on any atom is -0.412 e. The lowest BCUT2D eigenvalue weighted by molar-refractivity contribution is -0.354. The maximum atomic E-state index is 13.9. The standard InChI is InChI=1S/C15H15F10NO8S/c1-8(13(18,19)20)9(27)34-12(14(21,22)23,10(28)26-3-6-32-7-4-26)33-5-2-11(16,17)15(24,25)35(29,30)31/h1-7H2,(H,29,30,31). The van der Waals surface area contributed by atoms with E-state index in [1.54, 1.807) is 0 Å². The lowest BCUT2D eigenvalue weighted by Gasteiger charge is -2.38. The predicted molar refractivity (Wildman–Crippen MR) is 89.5 cm³/mol. The third-order valence-electron chi connectivity index (χ3n) is 4.25. The zero-order valence-electron chi connectivity index (χ0n) is 16.9. The van der Waals surface area contributed by atoms with Crippen LogP contribution in [0, 0.1) is 0 Å². The summed E-state index contributed by atoms with van der Waals surface area (Å²) in [4.78, 5) is 24.5. The molecule has 1 amide bonds. The van der Waals surface area contributed by atoms with Crippen LogP contribution in [-0.2, 0) is 33.9 Å². The topological polar surface area (TPSA) is 119 Å². The third kappa shape index (κ3) is 6.53. The number of esters is 1. The molecule has 9 nitrogen and oxygen atoms in total. The van der Waals surface area contributed by atoms with Crippen molar-refractivity contribution in [2.75, 3.05) is 32.9 Å². The van der Waals surface area contributed by atoms with Gasteiger partial charge in [-0.3, -0.25) is 9.35 Å². The maximum Gasteiger partial charge on any atom is 0.466 e. The van der Waals surface area contributed by atoms with Crippen molar-refractivity contribution in [1.29, 1.82) is 0 Å². The van der Waals surface area contributed by atoms with E-state index in [0.717, 1.165) is 0 Å². The SMILES string of the molecule is C=C(C(=O)OC(OCCC(F)(F)C(F)(F)S(=O)(=O)O)(C(=O)N1CCOCC1)C(F)(F)F)C(F)(F)F. The summed E-state index contributed by atoms with van der Waals surface area (Å²) in [6.07, 6.45) is -14.6. The van der Waals surface area contributed by atoms with Crippen LogP contribution >= 0.6 is 0 Å². The minimum atomic E-state index is -6.81. The van der Waals surface area contributed by atoms with Crippen molar-refractivity contribution in [2.24, 2.45) is 0 Å². The average Bonchev–Trinajstić information content (AvgIpc) is 2.69. The molecule has 0 spiro atoms. The largest absolute Gasteiger partial charge is 0.466 e. The Morgan fingerprint density at radius 3 is 1.86 bits per heavy atom. The van der Waals surface area contributed by atoms with Crippen LogP contribution in [0.25, 0.3) is 0 Å². The fraction of sp³-hybridized carbons (Fsp3) is 0.733. The van der Waals surface area contributed by atoms with Crippen LogP contribution in [0.3, 0.4) is 0 Å². The molecule has 0 aliphatic carbocycles. The molecule has 1 unspecified atom stereocenters. The van der Waals surface area contributed by atoms with Gasteiger partial charge < -0.3 is 19.1 Å². The van der Waals surface area contributed by atoms with Crippen molar-refractivity contribution in [3.05, 3.63) is 12.2 Å². The lowest BCUT2D eigenvalue weighted by atomic mass is 10.1. The second-order valence-electron chi connectivity index (χ2n) is 6.68. The average molecular weight is 559 g/mol. The minimum absolute atomic E-state index is 0.214. The Kier molecular flexibility index (Phi) is 8.86. The Hall–Kier alpha value is -2.19. The van der Waals surface area contributed by atoms with Gasteiger partial charge >= 0.3 is 51.3 Å². The predicted octanol–water partition coefficient (Wildman–Crippen LogP) is 2.29. The quantitative estimate of drug-likeness (QED) is 0.150. The number of carbonyl (C=O) groups excluding carboxylic acids is 2. The van der Waals surface area contributed by atoms with E-state index < -0.39 is 96.2 Å². The summed E-state index contributed by atoms with van der Waals surface area (Å²) < 4.78 is 175. The molecule has 1 fully saturated rings. The van der Waals surface area contributed by atoms with Crippen LogP contribution in [0.4, 0.5) is 43.9 Å². The highest BCUT2D eigenvalue weighted by Gasteiger charge is 2.69. The molecule has 0 aromatic heterocycles. The molecule has 0 aromatic carbocycles. The van der Waals surface area contributed by atoms with Crippen LogP contribution in [0.2, 0.25) is 0 Å². The molecule has 1 aliphatic rings. The van der Waals surface area contributed by atoms with E-state index in [4.69, 9.17) is 9.29 Å². The number of hydrogen-bond acceptors (Lipinski definition) is 7. The van der Waals surface area contributed by atoms with Crippen LogP contribution < -0.4 is 0 Å². The Morgan fingerprint density at radius 1 is 0.971 bits per heavy atom. The smallest absolute Gasteiger partial charge is 0.412 e. The van der Waals surface area contributed by atoms with Gasteiger partial charge in [-0.15, -0.1) is 0 Å². The Morgan fingerprint density at radius 2 is 1.46 bits per heavy atom. The van der Waals surface area contributed by atoms with Gasteiger partial charge in [-0.2, -0.15) is 52.3 Å². The first-order valence-corrected chi connectivity index (χ1v) is 10.2. The van der Waals surface area contributed by atoms with E-state index >= 15 is 0 Å². The van der Waals surface area contributed by atoms with Crippen LogP contribution in [0.15, 0.2) is 12.2 Å². The fourth-order valence-electron chi connectivity index (χ4n) is 2.34. The Bertz CT molecular complexity index is 927. The first-order chi connectivity index (χ1) is 15.5. The number of carbonyl (C=O) groups is 2. The molecule has 1 rings (SSSR count). The molecule has 0 bridgehead atoms. The molecule has 1 N–H and O–H groups in total. The van der Waals surface area contributed by atoms with Crippen molar-refractivity contribution in [3.8, 4) is 0 Å². The zero-order valence-corrected chi connectivity index (χ0v) is 17.7. The van der Waals surface area contributed by atoms with E-state index in [2.05, 4.69) is 16.1 Å². The number of ether oxygens (including phenoxy) is 3. The highest BCUT2D eigenvalue weighted by Crippen LogP contribution is 2.43. The molecule has 1 aliphatic heterocycles. The molecular formula is C15H15F10NO8S. The van der Waals surface area contributed by atoms with Crippen LogP contribution in [0.5, 0.6) is 0 Å². The van der Waals surface area contributed by atoms with Crippen LogP contribution in [-0.4, -0.2) is 92.0 Å². The third-order valence-corrected chi connectivity index (χ3v) is 5.20. The number of rotatable bonds is 9. The van der Waals surface area contributed by atoms with Gasteiger partial charge in [0.25, 0.3) is 0 Å². The molecule has 1 saturated heterocycles. The van der Waals surface area contributed by atoms with E-state index in [9.17, 15) is 61.9 Å². The molecule has 1 heterocycles. The molecular weight excluding hydrogens is 544 g/mol. The first-order valence-electron chi connectivity index (χ1n) is 8.81. The molecule has 204 valence electrons. The van der Waals surface area contributed by atoms with Crippen molar-refractivity contribution in [3.63, 3.8) is 0 Å².